The van der Waals surface area contributed by atoms with Crippen LogP contribution in [0.15, 0.2) is 11.6 Å². The second-order valence-corrected chi connectivity index (χ2v) is 2.69. The quantitative estimate of drug-likeness (QED) is 0.457. The molecule has 0 bridgehead atoms. The van der Waals surface area contributed by atoms with Gasteiger partial charge >= 0.3 is 0 Å². The fourth-order valence-electron chi connectivity index (χ4n) is 0.673. The van der Waals surface area contributed by atoms with Gasteiger partial charge in [-0.1, -0.05) is 12.5 Å². The van der Waals surface area contributed by atoms with E-state index in [0.29, 0.717) is 0 Å². The van der Waals surface area contributed by atoms with E-state index in [2.05, 4.69) is 0 Å². The maximum atomic E-state index is 10.9. The molecule has 0 saturated heterocycles. The third-order valence-electron chi connectivity index (χ3n) is 1.39. The van der Waals surface area contributed by atoms with Crippen LogP contribution in [-0.2, 0) is 9.59 Å². The highest BCUT2D eigenvalue weighted by Crippen LogP contribution is 1.99. The van der Waals surface area contributed by atoms with Gasteiger partial charge in [0.15, 0.2) is 5.78 Å². The number of ketones is 2. The number of allylic oxidation sites excluding steroid dienone is 2. The lowest BCUT2D eigenvalue weighted by atomic mass is 10.1. The number of carbonyl (C=O) groups is 2. The summed E-state index contributed by atoms with van der Waals surface area (Å²) in [5.41, 5.74) is 1.02. The van der Waals surface area contributed by atoms with E-state index >= 15 is 0 Å². The molecule has 0 saturated carbocycles. The van der Waals surface area contributed by atoms with Crippen LogP contribution < -0.4 is 0 Å². The monoisotopic (exact) mass is 154 g/mol. The molecular formula is C9H14O2. The van der Waals surface area contributed by atoms with Crippen molar-refractivity contribution in [3.05, 3.63) is 11.6 Å². The normalized spacial score (nSPS) is 11.4. The summed E-state index contributed by atoms with van der Waals surface area (Å²) in [7, 11) is 0. The van der Waals surface area contributed by atoms with Crippen LogP contribution >= 0.6 is 0 Å². The predicted octanol–water partition coefficient (Wildman–Crippen LogP) is 1.89. The van der Waals surface area contributed by atoms with E-state index in [4.69, 9.17) is 0 Å². The molecule has 0 N–H and O–H groups in total. The Morgan fingerprint density at radius 2 is 1.82 bits per heavy atom. The minimum absolute atomic E-state index is 0.0390. The van der Waals surface area contributed by atoms with Gasteiger partial charge in [-0.2, -0.15) is 0 Å². The van der Waals surface area contributed by atoms with Crippen molar-refractivity contribution in [2.75, 3.05) is 0 Å². The van der Waals surface area contributed by atoms with E-state index in [1.807, 2.05) is 13.8 Å². The number of hydrogen-bond donors (Lipinski definition) is 0. The summed E-state index contributed by atoms with van der Waals surface area (Å²) in [6, 6.07) is 0. The number of hydrogen-bond acceptors (Lipinski definition) is 2. The first-order valence-corrected chi connectivity index (χ1v) is 3.75. The molecule has 2 heteroatoms. The second kappa shape index (κ2) is 4.83. The van der Waals surface area contributed by atoms with Crippen LogP contribution in [0.4, 0.5) is 0 Å². The van der Waals surface area contributed by atoms with Gasteiger partial charge in [0.2, 0.25) is 0 Å². The fraction of sp³-hybridized carbons (Fsp3) is 0.556. The molecule has 0 atom stereocenters. The molecule has 2 nitrogen and oxygen atoms in total. The van der Waals surface area contributed by atoms with Gasteiger partial charge in [-0.25, -0.2) is 0 Å². The third kappa shape index (κ3) is 5.52. The van der Waals surface area contributed by atoms with E-state index in [1.165, 1.54) is 6.92 Å². The average molecular weight is 154 g/mol. The molecule has 0 radical (unpaired) electrons. The van der Waals surface area contributed by atoms with Gasteiger partial charge in [0.05, 0.1) is 6.42 Å². The first kappa shape index (κ1) is 10.1. The predicted molar refractivity (Wildman–Crippen MR) is 44.4 cm³/mol. The zero-order chi connectivity index (χ0) is 8.85. The van der Waals surface area contributed by atoms with Crippen LogP contribution in [0.2, 0.25) is 0 Å². The Morgan fingerprint density at radius 3 is 2.18 bits per heavy atom. The number of rotatable bonds is 4. The SMILES string of the molecule is CC/C(C)=C\C(=O)CC(C)=O. The molecule has 11 heavy (non-hydrogen) atoms. The van der Waals surface area contributed by atoms with E-state index in [1.54, 1.807) is 6.08 Å². The lowest BCUT2D eigenvalue weighted by Gasteiger charge is -1.93. The van der Waals surface area contributed by atoms with Crippen molar-refractivity contribution in [1.29, 1.82) is 0 Å². The average Bonchev–Trinajstić information content (AvgIpc) is 1.85. The minimum Gasteiger partial charge on any atom is -0.300 e. The number of carbonyl (C=O) groups excluding carboxylic acids is 2. The molecule has 0 fully saturated rings. The Labute approximate surface area is 67.3 Å². The lowest BCUT2D eigenvalue weighted by Crippen LogP contribution is -2.01. The standard InChI is InChI=1S/C9H14O2/c1-4-7(2)5-9(11)6-8(3)10/h5H,4,6H2,1-3H3/b7-5-. The van der Waals surface area contributed by atoms with Gasteiger partial charge in [-0.05, 0) is 26.3 Å². The molecular weight excluding hydrogens is 140 g/mol. The fourth-order valence-corrected chi connectivity index (χ4v) is 0.673. The highest BCUT2D eigenvalue weighted by Gasteiger charge is 2.00. The Kier molecular flexibility index (Phi) is 4.42. The van der Waals surface area contributed by atoms with Gasteiger partial charge < -0.3 is 0 Å². The first-order valence-electron chi connectivity index (χ1n) is 3.75. The molecule has 0 amide bonds. The van der Waals surface area contributed by atoms with Crippen LogP contribution in [0.5, 0.6) is 0 Å². The van der Waals surface area contributed by atoms with Crippen molar-refractivity contribution < 1.29 is 9.59 Å². The Bertz CT molecular complexity index is 190. The highest BCUT2D eigenvalue weighted by atomic mass is 16.1. The summed E-state index contributed by atoms with van der Waals surface area (Å²) in [6.07, 6.45) is 2.45. The van der Waals surface area contributed by atoms with Gasteiger partial charge in [-0.15, -0.1) is 0 Å². The molecule has 0 rings (SSSR count). The molecule has 0 unspecified atom stereocenters. The van der Waals surface area contributed by atoms with Crippen molar-refractivity contribution in [2.24, 2.45) is 0 Å². The van der Waals surface area contributed by atoms with Crippen molar-refractivity contribution in [1.82, 2.24) is 0 Å². The molecule has 0 spiro atoms. The lowest BCUT2D eigenvalue weighted by molar-refractivity contribution is -0.123. The van der Waals surface area contributed by atoms with E-state index < -0.39 is 0 Å². The maximum absolute atomic E-state index is 10.9. The topological polar surface area (TPSA) is 34.1 Å². The van der Waals surface area contributed by atoms with Crippen LogP contribution in [0.1, 0.15) is 33.6 Å². The van der Waals surface area contributed by atoms with Crippen LogP contribution in [0.3, 0.4) is 0 Å². The summed E-state index contributed by atoms with van der Waals surface area (Å²) >= 11 is 0. The molecule has 0 aromatic carbocycles. The van der Waals surface area contributed by atoms with Gasteiger partial charge in [0, 0.05) is 0 Å². The van der Waals surface area contributed by atoms with E-state index in [-0.39, 0.29) is 18.0 Å². The van der Waals surface area contributed by atoms with Crippen LogP contribution in [-0.4, -0.2) is 11.6 Å². The van der Waals surface area contributed by atoms with Crippen LogP contribution in [0, 0.1) is 0 Å². The summed E-state index contributed by atoms with van der Waals surface area (Å²) in [4.78, 5) is 21.4. The van der Waals surface area contributed by atoms with Gasteiger partial charge in [0.25, 0.3) is 0 Å². The summed E-state index contributed by atoms with van der Waals surface area (Å²) < 4.78 is 0. The van der Waals surface area contributed by atoms with Crippen LogP contribution in [0.25, 0.3) is 0 Å². The minimum atomic E-state index is -0.0862. The summed E-state index contributed by atoms with van der Waals surface area (Å²) in [5, 5.41) is 0. The first-order chi connectivity index (χ1) is 5.06. The highest BCUT2D eigenvalue weighted by molar-refractivity contribution is 6.03. The Hall–Kier alpha value is -0.920. The van der Waals surface area contributed by atoms with Crippen molar-refractivity contribution in [3.8, 4) is 0 Å². The molecule has 0 aromatic rings. The van der Waals surface area contributed by atoms with E-state index in [0.717, 1.165) is 12.0 Å². The van der Waals surface area contributed by atoms with E-state index in [9.17, 15) is 9.59 Å². The van der Waals surface area contributed by atoms with Gasteiger partial charge in [0.1, 0.15) is 5.78 Å². The Morgan fingerprint density at radius 1 is 1.27 bits per heavy atom. The molecule has 62 valence electrons. The van der Waals surface area contributed by atoms with Crippen molar-refractivity contribution in [3.63, 3.8) is 0 Å². The van der Waals surface area contributed by atoms with Crippen molar-refractivity contribution in [2.45, 2.75) is 33.6 Å². The van der Waals surface area contributed by atoms with Crippen molar-refractivity contribution >= 4 is 11.6 Å². The Balaban J connectivity index is 3.96. The molecule has 0 aliphatic heterocycles. The number of Topliss-reactive ketones (excluding diaryl/α,β-unsaturated/α-hetero) is 1. The smallest absolute Gasteiger partial charge is 0.162 e. The molecule has 0 aliphatic carbocycles. The maximum Gasteiger partial charge on any atom is 0.162 e. The summed E-state index contributed by atoms with van der Waals surface area (Å²) in [5.74, 6) is -0.160. The van der Waals surface area contributed by atoms with Gasteiger partial charge in [-0.3, -0.25) is 9.59 Å². The molecule has 0 aliphatic rings. The second-order valence-electron chi connectivity index (χ2n) is 2.69. The molecule has 0 aromatic heterocycles. The summed E-state index contributed by atoms with van der Waals surface area (Å²) in [6.45, 7) is 5.29. The zero-order valence-electron chi connectivity index (χ0n) is 7.31. The molecule has 0 heterocycles. The largest absolute Gasteiger partial charge is 0.300 e. The zero-order valence-corrected chi connectivity index (χ0v) is 7.31. The third-order valence-corrected chi connectivity index (χ3v) is 1.39.